The second-order valence-electron chi connectivity index (χ2n) is 7.94. The number of aromatic nitrogens is 1. The summed E-state index contributed by atoms with van der Waals surface area (Å²) in [5.74, 6) is -0.550. The second-order valence-corrected chi connectivity index (χ2v) is 7.94. The van der Waals surface area contributed by atoms with Gasteiger partial charge in [-0.2, -0.15) is 5.26 Å². The molecular formula is C25H25N5O3. The van der Waals surface area contributed by atoms with Gasteiger partial charge in [0.25, 0.3) is 5.91 Å². The van der Waals surface area contributed by atoms with Crippen molar-refractivity contribution in [1.82, 2.24) is 9.47 Å². The average molecular weight is 444 g/mol. The van der Waals surface area contributed by atoms with Crippen LogP contribution in [0.15, 0.2) is 54.7 Å². The van der Waals surface area contributed by atoms with E-state index in [2.05, 4.69) is 4.90 Å². The van der Waals surface area contributed by atoms with E-state index >= 15 is 0 Å². The summed E-state index contributed by atoms with van der Waals surface area (Å²) in [5, 5.41) is 9.29. The molecule has 0 saturated carbocycles. The summed E-state index contributed by atoms with van der Waals surface area (Å²) >= 11 is 0. The van der Waals surface area contributed by atoms with Gasteiger partial charge in [0, 0.05) is 49.3 Å². The first-order valence-corrected chi connectivity index (χ1v) is 10.6. The van der Waals surface area contributed by atoms with Crippen LogP contribution < -0.4 is 10.6 Å². The third-order valence-corrected chi connectivity index (χ3v) is 5.90. The van der Waals surface area contributed by atoms with Crippen LogP contribution in [0.4, 0.5) is 11.4 Å². The topological polar surface area (TPSA) is 105 Å². The monoisotopic (exact) mass is 443 g/mol. The Balaban J connectivity index is 1.47. The van der Waals surface area contributed by atoms with Crippen LogP contribution in [0.3, 0.4) is 0 Å². The van der Waals surface area contributed by atoms with Crippen LogP contribution >= 0.6 is 0 Å². The third kappa shape index (κ3) is 4.26. The van der Waals surface area contributed by atoms with Gasteiger partial charge in [0.15, 0.2) is 5.69 Å². The molecule has 1 fully saturated rings. The van der Waals surface area contributed by atoms with E-state index in [1.807, 2.05) is 66.4 Å². The number of amides is 1. The van der Waals surface area contributed by atoms with Crippen molar-refractivity contribution in [3.63, 3.8) is 0 Å². The Morgan fingerprint density at radius 1 is 0.970 bits per heavy atom. The molecule has 0 bridgehead atoms. The predicted octanol–water partition coefficient (Wildman–Crippen LogP) is 2.99. The molecule has 2 aromatic carbocycles. The van der Waals surface area contributed by atoms with Crippen LogP contribution in [0.5, 0.6) is 0 Å². The molecule has 2 N–H and O–H groups in total. The molecule has 1 amide bonds. The lowest BCUT2D eigenvalue weighted by molar-refractivity contribution is 0.0592. The molecule has 1 saturated heterocycles. The molecule has 2 heterocycles. The van der Waals surface area contributed by atoms with Crippen LogP contribution in [0.1, 0.15) is 32.0 Å². The Morgan fingerprint density at radius 2 is 1.58 bits per heavy atom. The van der Waals surface area contributed by atoms with Gasteiger partial charge in [0.1, 0.15) is 6.07 Å². The highest BCUT2D eigenvalue weighted by atomic mass is 16.5. The average Bonchev–Trinajstić information content (AvgIpc) is 3.20. The summed E-state index contributed by atoms with van der Waals surface area (Å²) < 4.78 is 6.40. The number of nitrogens with zero attached hydrogens (tertiary/aromatic N) is 4. The number of hydrogen-bond donors (Lipinski definition) is 1. The SMILES string of the molecule is COC(=O)c1c(N)c(C#N)cn1-c1ccc(N2CCN(C(=O)c3ccc(C)cc3)CC2)cc1. The maximum atomic E-state index is 12.8. The van der Waals surface area contributed by atoms with Gasteiger partial charge in [-0.05, 0) is 43.3 Å². The van der Waals surface area contributed by atoms with Crippen molar-refractivity contribution in [3.8, 4) is 11.8 Å². The number of nitriles is 1. The number of ether oxygens (including phenoxy) is 1. The molecule has 4 rings (SSSR count). The molecule has 3 aromatic rings. The predicted molar refractivity (Wildman–Crippen MR) is 126 cm³/mol. The summed E-state index contributed by atoms with van der Waals surface area (Å²) in [6.07, 6.45) is 1.53. The van der Waals surface area contributed by atoms with Gasteiger partial charge in [-0.15, -0.1) is 0 Å². The molecule has 0 atom stereocenters. The lowest BCUT2D eigenvalue weighted by Crippen LogP contribution is -2.48. The summed E-state index contributed by atoms with van der Waals surface area (Å²) in [6, 6.07) is 17.3. The van der Waals surface area contributed by atoms with Crippen LogP contribution in [-0.2, 0) is 4.74 Å². The Labute approximate surface area is 192 Å². The van der Waals surface area contributed by atoms with E-state index in [-0.39, 0.29) is 22.9 Å². The van der Waals surface area contributed by atoms with Crippen molar-refractivity contribution in [2.45, 2.75) is 6.92 Å². The number of methoxy groups -OCH3 is 1. The Morgan fingerprint density at radius 3 is 2.15 bits per heavy atom. The van der Waals surface area contributed by atoms with Crippen molar-refractivity contribution in [2.75, 3.05) is 43.9 Å². The lowest BCUT2D eigenvalue weighted by atomic mass is 10.1. The van der Waals surface area contributed by atoms with E-state index in [1.54, 1.807) is 4.57 Å². The van der Waals surface area contributed by atoms with Gasteiger partial charge in [-0.25, -0.2) is 4.79 Å². The fourth-order valence-electron chi connectivity index (χ4n) is 3.99. The second kappa shape index (κ2) is 9.09. The van der Waals surface area contributed by atoms with Gasteiger partial charge < -0.3 is 24.8 Å². The quantitative estimate of drug-likeness (QED) is 0.622. The highest BCUT2D eigenvalue weighted by Gasteiger charge is 2.24. The first-order valence-electron chi connectivity index (χ1n) is 10.6. The zero-order valence-electron chi connectivity index (χ0n) is 18.6. The van der Waals surface area contributed by atoms with E-state index in [4.69, 9.17) is 10.5 Å². The highest BCUT2D eigenvalue weighted by molar-refractivity contribution is 5.96. The number of carbonyl (C=O) groups excluding carboxylic acids is 2. The number of piperazine rings is 1. The Hall–Kier alpha value is -4.25. The van der Waals surface area contributed by atoms with Crippen LogP contribution in [0.25, 0.3) is 5.69 Å². The van der Waals surface area contributed by atoms with Crippen LogP contribution in [-0.4, -0.2) is 54.6 Å². The maximum absolute atomic E-state index is 12.8. The molecule has 0 unspecified atom stereocenters. The Bertz CT molecular complexity index is 1210. The number of rotatable bonds is 4. The van der Waals surface area contributed by atoms with Gasteiger partial charge in [-0.1, -0.05) is 17.7 Å². The van der Waals surface area contributed by atoms with Crippen LogP contribution in [0, 0.1) is 18.3 Å². The van der Waals surface area contributed by atoms with Gasteiger partial charge >= 0.3 is 5.97 Å². The summed E-state index contributed by atoms with van der Waals surface area (Å²) in [5.41, 5.74) is 9.97. The zero-order valence-corrected chi connectivity index (χ0v) is 18.6. The number of nitrogen functional groups attached to an aromatic ring is 1. The van der Waals surface area contributed by atoms with E-state index in [9.17, 15) is 14.9 Å². The van der Waals surface area contributed by atoms with Gasteiger partial charge in [0.05, 0.1) is 18.4 Å². The number of aryl methyl sites for hydroxylation is 1. The van der Waals surface area contributed by atoms with Crippen molar-refractivity contribution >= 4 is 23.3 Å². The maximum Gasteiger partial charge on any atom is 0.357 e. The summed E-state index contributed by atoms with van der Waals surface area (Å²) in [4.78, 5) is 29.1. The number of benzene rings is 2. The number of hydrogen-bond acceptors (Lipinski definition) is 6. The fraction of sp³-hybridized carbons (Fsp3) is 0.240. The third-order valence-electron chi connectivity index (χ3n) is 5.90. The number of carbonyl (C=O) groups is 2. The first kappa shape index (κ1) is 22.0. The van der Waals surface area contributed by atoms with E-state index in [0.717, 1.165) is 24.3 Å². The normalized spacial score (nSPS) is 13.5. The molecule has 8 nitrogen and oxygen atoms in total. The molecule has 168 valence electrons. The first-order chi connectivity index (χ1) is 15.9. The van der Waals surface area contributed by atoms with E-state index < -0.39 is 5.97 Å². The minimum atomic E-state index is -0.604. The molecule has 8 heteroatoms. The lowest BCUT2D eigenvalue weighted by Gasteiger charge is -2.36. The highest BCUT2D eigenvalue weighted by Crippen LogP contribution is 2.26. The number of esters is 1. The Kier molecular flexibility index (Phi) is 6.05. The number of nitrogens with two attached hydrogens (primary N) is 1. The molecule has 0 radical (unpaired) electrons. The summed E-state index contributed by atoms with van der Waals surface area (Å²) in [6.45, 7) is 4.72. The van der Waals surface area contributed by atoms with Gasteiger partial charge in [0.2, 0.25) is 0 Å². The molecule has 1 aliphatic rings. The van der Waals surface area contributed by atoms with Crippen molar-refractivity contribution in [2.24, 2.45) is 0 Å². The molecule has 0 spiro atoms. The number of anilines is 2. The van der Waals surface area contributed by atoms with Crippen molar-refractivity contribution in [1.29, 1.82) is 5.26 Å². The molecule has 1 aromatic heterocycles. The van der Waals surface area contributed by atoms with Crippen molar-refractivity contribution < 1.29 is 14.3 Å². The smallest absolute Gasteiger partial charge is 0.357 e. The standard InChI is InChI=1S/C25H25N5O3/c1-17-3-5-18(6-4-17)24(31)29-13-11-28(12-14-29)20-7-9-21(10-8-20)30-16-19(15-26)22(27)23(30)25(32)33-2/h3-10,16H,11-14,27H2,1-2H3. The van der Waals surface area contributed by atoms with Crippen LogP contribution in [0.2, 0.25) is 0 Å². The summed E-state index contributed by atoms with van der Waals surface area (Å²) in [7, 11) is 1.28. The van der Waals surface area contributed by atoms with Gasteiger partial charge in [-0.3, -0.25) is 4.79 Å². The largest absolute Gasteiger partial charge is 0.464 e. The molecule has 1 aliphatic heterocycles. The molecule has 33 heavy (non-hydrogen) atoms. The van der Waals surface area contributed by atoms with E-state index in [1.165, 1.54) is 13.3 Å². The molecular weight excluding hydrogens is 418 g/mol. The van der Waals surface area contributed by atoms with E-state index in [0.29, 0.717) is 24.3 Å². The minimum absolute atomic E-state index is 0.0545. The van der Waals surface area contributed by atoms with Crippen molar-refractivity contribution in [3.05, 3.63) is 77.1 Å². The molecule has 0 aliphatic carbocycles. The fourth-order valence-corrected chi connectivity index (χ4v) is 3.99. The zero-order chi connectivity index (χ0) is 23.5. The minimum Gasteiger partial charge on any atom is -0.464 e.